The summed E-state index contributed by atoms with van der Waals surface area (Å²) < 4.78 is 5.24. The third kappa shape index (κ3) is 7.81. The highest BCUT2D eigenvalue weighted by atomic mass is 16.5. The summed E-state index contributed by atoms with van der Waals surface area (Å²) in [6, 6.07) is -0.533. The molecule has 0 spiro atoms. The molecular weight excluding hydrogens is 278 g/mol. The van der Waals surface area contributed by atoms with Crippen LogP contribution in [0.5, 0.6) is 0 Å². The molecule has 4 heteroatoms. The van der Waals surface area contributed by atoms with Crippen LogP contribution in [0.4, 0.5) is 0 Å². The second kappa shape index (κ2) is 11.5. The van der Waals surface area contributed by atoms with Gasteiger partial charge < -0.3 is 10.1 Å². The monoisotopic (exact) mass is 311 g/mol. The van der Waals surface area contributed by atoms with Crippen LogP contribution in [-0.4, -0.2) is 24.5 Å². The average molecular weight is 311 g/mol. The number of rotatable bonds is 10. The van der Waals surface area contributed by atoms with Gasteiger partial charge in [-0.05, 0) is 26.2 Å². The maximum absolute atomic E-state index is 12.1. The molecule has 1 fully saturated rings. The van der Waals surface area contributed by atoms with Gasteiger partial charge in [0, 0.05) is 5.92 Å². The minimum Gasteiger partial charge on any atom is -0.464 e. The van der Waals surface area contributed by atoms with Crippen molar-refractivity contribution in [2.45, 2.75) is 90.5 Å². The third-order valence-corrected chi connectivity index (χ3v) is 4.43. The van der Waals surface area contributed by atoms with E-state index in [9.17, 15) is 9.59 Å². The molecule has 1 atom stereocenters. The van der Waals surface area contributed by atoms with Gasteiger partial charge in [-0.2, -0.15) is 0 Å². The van der Waals surface area contributed by atoms with Gasteiger partial charge in [-0.15, -0.1) is 0 Å². The number of nitrogens with one attached hydrogen (secondary N) is 1. The van der Waals surface area contributed by atoms with E-state index in [1.807, 2.05) is 0 Å². The molecule has 0 aromatic rings. The highest BCUT2D eigenvalue weighted by Gasteiger charge is 2.24. The van der Waals surface area contributed by atoms with E-state index in [0.717, 1.165) is 38.5 Å². The van der Waals surface area contributed by atoms with Gasteiger partial charge in [-0.3, -0.25) is 4.79 Å². The number of hydrogen-bond donors (Lipinski definition) is 1. The fraction of sp³-hybridized carbons (Fsp3) is 0.889. The van der Waals surface area contributed by atoms with Crippen molar-refractivity contribution in [2.24, 2.45) is 5.92 Å². The molecule has 22 heavy (non-hydrogen) atoms. The SMILES string of the molecule is CCCCCCCCOC(=O)[C@H](C)NC(=O)C1CCCCC1. The highest BCUT2D eigenvalue weighted by Crippen LogP contribution is 2.23. The third-order valence-electron chi connectivity index (χ3n) is 4.43. The molecule has 0 radical (unpaired) electrons. The lowest BCUT2D eigenvalue weighted by Crippen LogP contribution is -2.43. The van der Waals surface area contributed by atoms with E-state index in [-0.39, 0.29) is 17.8 Å². The summed E-state index contributed by atoms with van der Waals surface area (Å²) in [6.45, 7) is 4.38. The number of unbranched alkanes of at least 4 members (excludes halogenated alkanes) is 5. The second-order valence-electron chi connectivity index (χ2n) is 6.50. The van der Waals surface area contributed by atoms with Crippen LogP contribution in [0.3, 0.4) is 0 Å². The molecule has 0 unspecified atom stereocenters. The van der Waals surface area contributed by atoms with Crippen molar-refractivity contribution < 1.29 is 14.3 Å². The lowest BCUT2D eigenvalue weighted by molar-refractivity contribution is -0.148. The first-order chi connectivity index (χ1) is 10.6. The van der Waals surface area contributed by atoms with Gasteiger partial charge in [0.15, 0.2) is 0 Å². The normalized spacial score (nSPS) is 17.0. The van der Waals surface area contributed by atoms with E-state index >= 15 is 0 Å². The first-order valence-electron chi connectivity index (χ1n) is 9.12. The Hall–Kier alpha value is -1.06. The standard InChI is InChI=1S/C18H33NO3/c1-3-4-5-6-7-11-14-22-18(21)15(2)19-17(20)16-12-9-8-10-13-16/h15-16H,3-14H2,1-2H3,(H,19,20)/t15-/m0/s1. The zero-order chi connectivity index (χ0) is 16.2. The Morgan fingerprint density at radius 3 is 2.36 bits per heavy atom. The Labute approximate surface area is 135 Å². The van der Waals surface area contributed by atoms with Gasteiger partial charge >= 0.3 is 5.97 Å². The summed E-state index contributed by atoms with van der Waals surface area (Å²) >= 11 is 0. The minimum absolute atomic E-state index is 0.0173. The van der Waals surface area contributed by atoms with Crippen LogP contribution in [0.2, 0.25) is 0 Å². The Morgan fingerprint density at radius 2 is 1.68 bits per heavy atom. The zero-order valence-electron chi connectivity index (χ0n) is 14.4. The molecule has 1 aliphatic rings. The predicted molar refractivity (Wildman–Crippen MR) is 88.5 cm³/mol. The van der Waals surface area contributed by atoms with Gasteiger partial charge in [-0.25, -0.2) is 4.79 Å². The Bertz CT molecular complexity index is 324. The second-order valence-corrected chi connectivity index (χ2v) is 6.50. The molecule has 0 aromatic carbocycles. The van der Waals surface area contributed by atoms with E-state index in [0.29, 0.717) is 6.61 Å². The lowest BCUT2D eigenvalue weighted by atomic mass is 9.88. The Morgan fingerprint density at radius 1 is 1.05 bits per heavy atom. The maximum Gasteiger partial charge on any atom is 0.328 e. The molecule has 128 valence electrons. The Kier molecular flexibility index (Phi) is 9.93. The summed E-state index contributed by atoms with van der Waals surface area (Å²) in [5, 5.41) is 2.80. The van der Waals surface area contributed by atoms with Crippen LogP contribution in [-0.2, 0) is 14.3 Å². The summed E-state index contributed by atoms with van der Waals surface area (Å²) in [7, 11) is 0. The van der Waals surface area contributed by atoms with Crippen molar-refractivity contribution in [2.75, 3.05) is 6.61 Å². The number of ether oxygens (including phenoxy) is 1. The molecule has 1 N–H and O–H groups in total. The van der Waals surface area contributed by atoms with Crippen molar-refractivity contribution >= 4 is 11.9 Å². The smallest absolute Gasteiger partial charge is 0.328 e. The molecule has 0 aromatic heterocycles. The molecule has 0 saturated heterocycles. The van der Waals surface area contributed by atoms with Crippen LogP contribution in [0, 0.1) is 5.92 Å². The van der Waals surface area contributed by atoms with Gasteiger partial charge in [0.05, 0.1) is 6.61 Å². The van der Waals surface area contributed by atoms with Crippen LogP contribution in [0.15, 0.2) is 0 Å². The zero-order valence-corrected chi connectivity index (χ0v) is 14.4. The topological polar surface area (TPSA) is 55.4 Å². The van der Waals surface area contributed by atoms with Crippen molar-refractivity contribution in [3.63, 3.8) is 0 Å². The fourth-order valence-corrected chi connectivity index (χ4v) is 2.94. The molecule has 0 aliphatic heterocycles. The van der Waals surface area contributed by atoms with Gasteiger partial charge in [0.25, 0.3) is 0 Å². The predicted octanol–water partition coefficient (Wildman–Crippen LogP) is 3.98. The first-order valence-corrected chi connectivity index (χ1v) is 9.12. The van der Waals surface area contributed by atoms with Gasteiger partial charge in [0.1, 0.15) is 6.04 Å². The minimum atomic E-state index is -0.533. The van der Waals surface area contributed by atoms with Crippen LogP contribution >= 0.6 is 0 Å². The number of hydrogen-bond acceptors (Lipinski definition) is 3. The molecular formula is C18H33NO3. The van der Waals surface area contributed by atoms with Crippen LogP contribution in [0.25, 0.3) is 0 Å². The summed E-state index contributed by atoms with van der Waals surface area (Å²) in [5.74, 6) is -0.205. The van der Waals surface area contributed by atoms with Crippen molar-refractivity contribution in [3.8, 4) is 0 Å². The van der Waals surface area contributed by atoms with Crippen molar-refractivity contribution in [3.05, 3.63) is 0 Å². The average Bonchev–Trinajstić information content (AvgIpc) is 2.54. The van der Waals surface area contributed by atoms with Gasteiger partial charge in [-0.1, -0.05) is 58.3 Å². The van der Waals surface area contributed by atoms with E-state index < -0.39 is 6.04 Å². The maximum atomic E-state index is 12.1. The van der Waals surface area contributed by atoms with E-state index in [4.69, 9.17) is 4.74 Å². The summed E-state index contributed by atoms with van der Waals surface area (Å²) in [5.41, 5.74) is 0. The molecule has 1 aliphatic carbocycles. The quantitative estimate of drug-likeness (QED) is 0.490. The van der Waals surface area contributed by atoms with Crippen molar-refractivity contribution in [1.29, 1.82) is 0 Å². The van der Waals surface area contributed by atoms with Crippen molar-refractivity contribution in [1.82, 2.24) is 5.32 Å². The van der Waals surface area contributed by atoms with Gasteiger partial charge in [0.2, 0.25) is 5.91 Å². The van der Waals surface area contributed by atoms with E-state index in [1.165, 1.54) is 32.1 Å². The molecule has 1 rings (SSSR count). The largest absolute Gasteiger partial charge is 0.464 e. The highest BCUT2D eigenvalue weighted by molar-refractivity contribution is 5.85. The number of esters is 1. The lowest BCUT2D eigenvalue weighted by Gasteiger charge is -2.22. The number of carbonyl (C=O) groups excluding carboxylic acids is 2. The van der Waals surface area contributed by atoms with Crippen LogP contribution in [0.1, 0.15) is 84.5 Å². The number of carbonyl (C=O) groups is 2. The molecule has 1 saturated carbocycles. The van der Waals surface area contributed by atoms with E-state index in [1.54, 1.807) is 6.92 Å². The first kappa shape index (κ1) is 19.0. The Balaban J connectivity index is 2.09. The van der Waals surface area contributed by atoms with Crippen LogP contribution < -0.4 is 5.32 Å². The van der Waals surface area contributed by atoms with E-state index in [2.05, 4.69) is 12.2 Å². The fourth-order valence-electron chi connectivity index (χ4n) is 2.94. The molecule has 1 amide bonds. The molecule has 0 heterocycles. The molecule has 4 nitrogen and oxygen atoms in total. The summed E-state index contributed by atoms with van der Waals surface area (Å²) in [6.07, 6.45) is 12.4. The molecule has 0 bridgehead atoms. The number of amides is 1. The summed E-state index contributed by atoms with van der Waals surface area (Å²) in [4.78, 5) is 23.9.